The van der Waals surface area contributed by atoms with Gasteiger partial charge in [-0.05, 0) is 30.9 Å². The first-order valence-electron chi connectivity index (χ1n) is 6.18. The van der Waals surface area contributed by atoms with E-state index in [2.05, 4.69) is 17.2 Å². The molecule has 0 aromatic carbocycles. The SMILES string of the molecule is CC1CCCC(NC(=O)c2cccc(N)n2)C1. The van der Waals surface area contributed by atoms with Crippen LogP contribution in [0.25, 0.3) is 0 Å². The lowest BCUT2D eigenvalue weighted by atomic mass is 9.87. The molecule has 1 fully saturated rings. The summed E-state index contributed by atoms with van der Waals surface area (Å²) < 4.78 is 0. The van der Waals surface area contributed by atoms with Gasteiger partial charge in [0.15, 0.2) is 0 Å². The summed E-state index contributed by atoms with van der Waals surface area (Å²) in [6.07, 6.45) is 4.59. The zero-order valence-electron chi connectivity index (χ0n) is 10.1. The Kier molecular flexibility index (Phi) is 3.61. The number of carbonyl (C=O) groups excluding carboxylic acids is 1. The molecule has 1 aliphatic carbocycles. The number of nitrogens with one attached hydrogen (secondary N) is 1. The second-order valence-electron chi connectivity index (χ2n) is 4.89. The van der Waals surface area contributed by atoms with Gasteiger partial charge in [-0.3, -0.25) is 4.79 Å². The lowest BCUT2D eigenvalue weighted by Gasteiger charge is -2.27. The van der Waals surface area contributed by atoms with Crippen LogP contribution < -0.4 is 11.1 Å². The van der Waals surface area contributed by atoms with Gasteiger partial charge in [-0.2, -0.15) is 0 Å². The van der Waals surface area contributed by atoms with Gasteiger partial charge in [0.25, 0.3) is 5.91 Å². The predicted octanol–water partition coefficient (Wildman–Crippen LogP) is 1.97. The largest absolute Gasteiger partial charge is 0.384 e. The molecular formula is C13H19N3O. The Morgan fingerprint density at radius 1 is 1.47 bits per heavy atom. The molecule has 2 rings (SSSR count). The first kappa shape index (κ1) is 11.9. The van der Waals surface area contributed by atoms with E-state index in [1.54, 1.807) is 18.2 Å². The molecule has 1 aromatic heterocycles. The monoisotopic (exact) mass is 233 g/mol. The maximum atomic E-state index is 11.9. The number of nitrogens with two attached hydrogens (primary N) is 1. The Morgan fingerprint density at radius 2 is 2.29 bits per heavy atom. The van der Waals surface area contributed by atoms with Crippen molar-refractivity contribution >= 4 is 11.7 Å². The average Bonchev–Trinajstić information content (AvgIpc) is 2.29. The Morgan fingerprint density at radius 3 is 3.00 bits per heavy atom. The molecule has 2 atom stereocenters. The molecular weight excluding hydrogens is 214 g/mol. The van der Waals surface area contributed by atoms with Crippen LogP contribution in [0.2, 0.25) is 0 Å². The molecule has 3 N–H and O–H groups in total. The highest BCUT2D eigenvalue weighted by molar-refractivity contribution is 5.92. The van der Waals surface area contributed by atoms with Crippen molar-refractivity contribution in [3.05, 3.63) is 23.9 Å². The van der Waals surface area contributed by atoms with Crippen LogP contribution in [0, 0.1) is 5.92 Å². The van der Waals surface area contributed by atoms with Crippen LogP contribution in [0.4, 0.5) is 5.82 Å². The van der Waals surface area contributed by atoms with Gasteiger partial charge in [0.05, 0.1) is 0 Å². The molecule has 1 amide bonds. The molecule has 1 heterocycles. The van der Waals surface area contributed by atoms with E-state index in [1.165, 1.54) is 12.8 Å². The predicted molar refractivity (Wildman–Crippen MR) is 67.5 cm³/mol. The van der Waals surface area contributed by atoms with Crippen LogP contribution in [0.5, 0.6) is 0 Å². The molecule has 4 heteroatoms. The van der Waals surface area contributed by atoms with Crippen LogP contribution in [-0.2, 0) is 0 Å². The topological polar surface area (TPSA) is 68.0 Å². The minimum Gasteiger partial charge on any atom is -0.384 e. The maximum Gasteiger partial charge on any atom is 0.270 e. The second kappa shape index (κ2) is 5.17. The lowest BCUT2D eigenvalue weighted by molar-refractivity contribution is 0.0916. The maximum absolute atomic E-state index is 11.9. The molecule has 0 spiro atoms. The molecule has 0 aliphatic heterocycles. The summed E-state index contributed by atoms with van der Waals surface area (Å²) in [5.74, 6) is 0.967. The summed E-state index contributed by atoms with van der Waals surface area (Å²) >= 11 is 0. The molecule has 17 heavy (non-hydrogen) atoms. The first-order valence-corrected chi connectivity index (χ1v) is 6.18. The smallest absolute Gasteiger partial charge is 0.270 e. The fourth-order valence-electron chi connectivity index (χ4n) is 2.40. The van der Waals surface area contributed by atoms with E-state index in [0.29, 0.717) is 17.4 Å². The van der Waals surface area contributed by atoms with Crippen molar-refractivity contribution < 1.29 is 4.79 Å². The lowest BCUT2D eigenvalue weighted by Crippen LogP contribution is -2.38. The molecule has 4 nitrogen and oxygen atoms in total. The number of hydrogen-bond acceptors (Lipinski definition) is 3. The number of anilines is 1. The van der Waals surface area contributed by atoms with E-state index in [9.17, 15) is 4.79 Å². The van der Waals surface area contributed by atoms with Crippen molar-refractivity contribution in [1.29, 1.82) is 0 Å². The molecule has 1 saturated carbocycles. The minimum atomic E-state index is -0.114. The summed E-state index contributed by atoms with van der Waals surface area (Å²) in [4.78, 5) is 16.0. The molecule has 1 aromatic rings. The zero-order valence-corrected chi connectivity index (χ0v) is 10.1. The van der Waals surface area contributed by atoms with Crippen LogP contribution in [-0.4, -0.2) is 16.9 Å². The van der Waals surface area contributed by atoms with Gasteiger partial charge in [0, 0.05) is 6.04 Å². The third kappa shape index (κ3) is 3.19. The molecule has 2 unspecified atom stereocenters. The minimum absolute atomic E-state index is 0.114. The number of carbonyl (C=O) groups is 1. The van der Waals surface area contributed by atoms with Gasteiger partial charge in [-0.1, -0.05) is 25.8 Å². The normalized spacial score (nSPS) is 24.3. The third-order valence-electron chi connectivity index (χ3n) is 3.27. The number of rotatable bonds is 2. The van der Waals surface area contributed by atoms with E-state index in [4.69, 9.17) is 5.73 Å². The van der Waals surface area contributed by atoms with E-state index in [0.717, 1.165) is 12.8 Å². The fraction of sp³-hybridized carbons (Fsp3) is 0.538. The Balaban J connectivity index is 1.97. The van der Waals surface area contributed by atoms with Crippen LogP contribution in [0.15, 0.2) is 18.2 Å². The summed E-state index contributed by atoms with van der Waals surface area (Å²) in [6.45, 7) is 2.23. The molecule has 1 aliphatic rings. The number of pyridine rings is 1. The summed E-state index contributed by atoms with van der Waals surface area (Å²) in [6, 6.07) is 5.41. The van der Waals surface area contributed by atoms with Crippen molar-refractivity contribution in [2.45, 2.75) is 38.6 Å². The Hall–Kier alpha value is -1.58. The number of amides is 1. The van der Waals surface area contributed by atoms with Crippen LogP contribution in [0.1, 0.15) is 43.1 Å². The quantitative estimate of drug-likeness (QED) is 0.820. The first-order chi connectivity index (χ1) is 8.15. The van der Waals surface area contributed by atoms with Crippen molar-refractivity contribution in [3.8, 4) is 0 Å². The standard InChI is InChI=1S/C13H19N3O/c1-9-4-2-5-10(8-9)15-13(17)11-6-3-7-12(14)16-11/h3,6-7,9-10H,2,4-5,8H2,1H3,(H2,14,16)(H,15,17). The van der Waals surface area contributed by atoms with Gasteiger partial charge in [0.2, 0.25) is 0 Å². The van der Waals surface area contributed by atoms with Crippen molar-refractivity contribution in [1.82, 2.24) is 10.3 Å². The van der Waals surface area contributed by atoms with Crippen molar-refractivity contribution in [3.63, 3.8) is 0 Å². The highest BCUT2D eigenvalue weighted by atomic mass is 16.1. The van der Waals surface area contributed by atoms with Crippen LogP contribution in [0.3, 0.4) is 0 Å². The number of aromatic nitrogens is 1. The van der Waals surface area contributed by atoms with Crippen molar-refractivity contribution in [2.24, 2.45) is 5.92 Å². The van der Waals surface area contributed by atoms with E-state index in [1.807, 2.05) is 0 Å². The van der Waals surface area contributed by atoms with Crippen molar-refractivity contribution in [2.75, 3.05) is 5.73 Å². The van der Waals surface area contributed by atoms with Gasteiger partial charge in [0.1, 0.15) is 11.5 Å². The number of nitrogens with zero attached hydrogens (tertiary/aromatic N) is 1. The summed E-state index contributed by atoms with van der Waals surface area (Å²) in [5, 5.41) is 3.04. The highest BCUT2D eigenvalue weighted by Gasteiger charge is 2.21. The van der Waals surface area contributed by atoms with E-state index >= 15 is 0 Å². The van der Waals surface area contributed by atoms with Gasteiger partial charge >= 0.3 is 0 Å². The third-order valence-corrected chi connectivity index (χ3v) is 3.27. The average molecular weight is 233 g/mol. The second-order valence-corrected chi connectivity index (χ2v) is 4.89. The van der Waals surface area contributed by atoms with Gasteiger partial charge in [-0.15, -0.1) is 0 Å². The fourth-order valence-corrected chi connectivity index (χ4v) is 2.40. The zero-order chi connectivity index (χ0) is 12.3. The van der Waals surface area contributed by atoms with Crippen LogP contribution >= 0.6 is 0 Å². The highest BCUT2D eigenvalue weighted by Crippen LogP contribution is 2.23. The van der Waals surface area contributed by atoms with Gasteiger partial charge in [-0.25, -0.2) is 4.98 Å². The molecule has 0 saturated heterocycles. The number of nitrogen functional groups attached to an aromatic ring is 1. The molecule has 92 valence electrons. The van der Waals surface area contributed by atoms with E-state index < -0.39 is 0 Å². The molecule has 0 bridgehead atoms. The Labute approximate surface area is 102 Å². The number of hydrogen-bond donors (Lipinski definition) is 2. The van der Waals surface area contributed by atoms with Gasteiger partial charge < -0.3 is 11.1 Å². The molecule has 0 radical (unpaired) electrons. The van der Waals surface area contributed by atoms with E-state index in [-0.39, 0.29) is 11.9 Å². The summed E-state index contributed by atoms with van der Waals surface area (Å²) in [5.41, 5.74) is 5.97. The summed E-state index contributed by atoms with van der Waals surface area (Å²) in [7, 11) is 0. The Bertz CT molecular complexity index is 405.